The van der Waals surface area contributed by atoms with Crippen LogP contribution in [0.3, 0.4) is 0 Å². The maximum absolute atomic E-state index is 13.2. The van der Waals surface area contributed by atoms with Crippen molar-refractivity contribution in [2.45, 2.75) is 0 Å². The molecule has 90 valence electrons. The zero-order valence-corrected chi connectivity index (χ0v) is 10.5. The van der Waals surface area contributed by atoms with E-state index in [2.05, 4.69) is 10.1 Å². The molecule has 2 aromatic heterocycles. The molecule has 0 spiro atoms. The van der Waals surface area contributed by atoms with Crippen molar-refractivity contribution in [1.29, 1.82) is 0 Å². The number of fused-ring (bicyclic) bond motifs is 1. The van der Waals surface area contributed by atoms with Crippen molar-refractivity contribution < 1.29 is 4.39 Å². The lowest BCUT2D eigenvalue weighted by Crippen LogP contribution is -1.88. The number of hydrogen-bond acceptors (Lipinski definition) is 2. The topological polar surface area (TPSA) is 30.2 Å². The van der Waals surface area contributed by atoms with Gasteiger partial charge in [0, 0.05) is 11.8 Å². The van der Waals surface area contributed by atoms with Gasteiger partial charge in [0.1, 0.15) is 21.7 Å². The Hall–Kier alpha value is -1.65. The molecule has 3 rings (SSSR count). The molecule has 6 heteroatoms. The summed E-state index contributed by atoms with van der Waals surface area (Å²) in [5.74, 6) is -0.341. The maximum Gasteiger partial charge on any atom is 0.175 e. The highest BCUT2D eigenvalue weighted by molar-refractivity contribution is 6.36. The number of halogens is 3. The quantitative estimate of drug-likeness (QED) is 0.635. The molecule has 0 saturated heterocycles. The summed E-state index contributed by atoms with van der Waals surface area (Å²) in [6, 6.07) is 7.68. The van der Waals surface area contributed by atoms with Crippen LogP contribution in [0.15, 0.2) is 36.5 Å². The lowest BCUT2D eigenvalue weighted by molar-refractivity contribution is 0.628. The first-order chi connectivity index (χ1) is 8.65. The molecule has 0 aliphatic rings. The fourth-order valence-corrected chi connectivity index (χ4v) is 2.11. The first kappa shape index (κ1) is 11.4. The van der Waals surface area contributed by atoms with Crippen LogP contribution in [0.25, 0.3) is 16.9 Å². The second kappa shape index (κ2) is 4.23. The number of rotatable bonds is 1. The zero-order valence-electron chi connectivity index (χ0n) is 8.94. The number of nitrogens with zero attached hydrogens (tertiary/aromatic N) is 3. The number of hydrogen-bond donors (Lipinski definition) is 0. The summed E-state index contributed by atoms with van der Waals surface area (Å²) in [5, 5.41) is 4.94. The van der Waals surface area contributed by atoms with Gasteiger partial charge in [-0.2, -0.15) is 5.10 Å². The van der Waals surface area contributed by atoms with Crippen LogP contribution >= 0.6 is 23.2 Å². The molecule has 0 atom stereocenters. The Bertz CT molecular complexity index is 739. The van der Waals surface area contributed by atoms with Gasteiger partial charge in [-0.3, -0.25) is 0 Å². The molecule has 0 fully saturated rings. The smallest absolute Gasteiger partial charge is 0.175 e. The van der Waals surface area contributed by atoms with Crippen molar-refractivity contribution in [3.05, 3.63) is 52.5 Å². The molecule has 0 unspecified atom stereocenters. The molecule has 0 radical (unpaired) electrons. The Kier molecular flexibility index (Phi) is 2.69. The van der Waals surface area contributed by atoms with E-state index < -0.39 is 0 Å². The molecule has 0 bridgehead atoms. The van der Waals surface area contributed by atoms with Gasteiger partial charge in [-0.15, -0.1) is 0 Å². The van der Waals surface area contributed by atoms with E-state index in [1.54, 1.807) is 24.4 Å². The van der Waals surface area contributed by atoms with Crippen LogP contribution in [0, 0.1) is 5.82 Å². The van der Waals surface area contributed by atoms with E-state index >= 15 is 0 Å². The van der Waals surface area contributed by atoms with Crippen LogP contribution in [-0.2, 0) is 0 Å². The van der Waals surface area contributed by atoms with Crippen molar-refractivity contribution in [3.8, 4) is 11.3 Å². The molecule has 3 nitrogen and oxygen atoms in total. The summed E-state index contributed by atoms with van der Waals surface area (Å²) in [6.07, 6.45) is 1.65. The van der Waals surface area contributed by atoms with E-state index in [9.17, 15) is 4.39 Å². The van der Waals surface area contributed by atoms with Crippen LogP contribution in [0.2, 0.25) is 10.2 Å². The molecular formula is C12H6Cl2FN3. The lowest BCUT2D eigenvalue weighted by atomic mass is 10.1. The molecule has 2 heterocycles. The van der Waals surface area contributed by atoms with Crippen LogP contribution in [-0.4, -0.2) is 14.6 Å². The Balaban J connectivity index is 2.27. The van der Waals surface area contributed by atoms with Gasteiger partial charge in [0.05, 0.1) is 0 Å². The van der Waals surface area contributed by atoms with E-state index in [-0.39, 0.29) is 5.82 Å². The third-order valence-electron chi connectivity index (χ3n) is 2.49. The molecule has 18 heavy (non-hydrogen) atoms. The molecular weight excluding hydrogens is 276 g/mol. The zero-order chi connectivity index (χ0) is 12.7. The predicted octanol–water partition coefficient (Wildman–Crippen LogP) is 3.84. The van der Waals surface area contributed by atoms with Crippen LogP contribution < -0.4 is 0 Å². The largest absolute Gasteiger partial charge is 0.220 e. The fraction of sp³-hybridized carbons (Fsp3) is 0. The highest BCUT2D eigenvalue weighted by Gasteiger charge is 2.14. The highest BCUT2D eigenvalue weighted by atomic mass is 35.5. The standard InChI is InChI=1S/C12H6Cl2FN3/c13-9-4-5-18-12(16-9)10(14)11(17-18)7-2-1-3-8(15)6-7/h1-6H. The third kappa shape index (κ3) is 1.83. The molecule has 0 amide bonds. The summed E-state index contributed by atoms with van der Waals surface area (Å²) in [4.78, 5) is 4.08. The van der Waals surface area contributed by atoms with Gasteiger partial charge in [0.15, 0.2) is 5.65 Å². The monoisotopic (exact) mass is 281 g/mol. The number of benzene rings is 1. The van der Waals surface area contributed by atoms with Crippen molar-refractivity contribution in [3.63, 3.8) is 0 Å². The van der Waals surface area contributed by atoms with Gasteiger partial charge in [-0.05, 0) is 18.2 Å². The van der Waals surface area contributed by atoms with Gasteiger partial charge >= 0.3 is 0 Å². The molecule has 0 aliphatic carbocycles. The summed E-state index contributed by atoms with van der Waals surface area (Å²) >= 11 is 12.0. The molecule has 3 aromatic rings. The third-order valence-corrected chi connectivity index (χ3v) is 3.05. The first-order valence-corrected chi connectivity index (χ1v) is 5.87. The lowest BCUT2D eigenvalue weighted by Gasteiger charge is -1.96. The minimum Gasteiger partial charge on any atom is -0.220 e. The van der Waals surface area contributed by atoms with Gasteiger partial charge in [0.2, 0.25) is 0 Å². The second-order valence-electron chi connectivity index (χ2n) is 3.69. The fourth-order valence-electron chi connectivity index (χ4n) is 1.70. The molecule has 0 saturated carbocycles. The Morgan fingerprint density at radius 3 is 2.78 bits per heavy atom. The molecule has 0 aliphatic heterocycles. The van der Waals surface area contributed by atoms with Crippen molar-refractivity contribution >= 4 is 28.8 Å². The average molecular weight is 282 g/mol. The van der Waals surface area contributed by atoms with Crippen molar-refractivity contribution in [1.82, 2.24) is 14.6 Å². The van der Waals surface area contributed by atoms with Gasteiger partial charge in [-0.1, -0.05) is 35.3 Å². The van der Waals surface area contributed by atoms with E-state index in [1.807, 2.05) is 0 Å². The predicted molar refractivity (Wildman–Crippen MR) is 68.4 cm³/mol. The highest BCUT2D eigenvalue weighted by Crippen LogP contribution is 2.30. The Morgan fingerprint density at radius 1 is 1.17 bits per heavy atom. The Morgan fingerprint density at radius 2 is 2.00 bits per heavy atom. The normalized spacial score (nSPS) is 11.1. The summed E-state index contributed by atoms with van der Waals surface area (Å²) in [6.45, 7) is 0. The molecule has 0 N–H and O–H groups in total. The van der Waals surface area contributed by atoms with E-state index in [0.29, 0.717) is 27.1 Å². The van der Waals surface area contributed by atoms with E-state index in [0.717, 1.165) is 0 Å². The van der Waals surface area contributed by atoms with Gasteiger partial charge in [-0.25, -0.2) is 13.9 Å². The maximum atomic E-state index is 13.2. The Labute approximate surface area is 112 Å². The van der Waals surface area contributed by atoms with Gasteiger partial charge < -0.3 is 0 Å². The average Bonchev–Trinajstić information content (AvgIpc) is 2.67. The van der Waals surface area contributed by atoms with E-state index in [1.165, 1.54) is 16.6 Å². The van der Waals surface area contributed by atoms with Crippen LogP contribution in [0.1, 0.15) is 0 Å². The van der Waals surface area contributed by atoms with Crippen molar-refractivity contribution in [2.24, 2.45) is 0 Å². The second-order valence-corrected chi connectivity index (χ2v) is 4.46. The summed E-state index contributed by atoms with van der Waals surface area (Å²) in [5.41, 5.74) is 1.52. The minimum absolute atomic E-state index is 0.329. The van der Waals surface area contributed by atoms with Crippen LogP contribution in [0.5, 0.6) is 0 Å². The van der Waals surface area contributed by atoms with Crippen LogP contribution in [0.4, 0.5) is 4.39 Å². The summed E-state index contributed by atoms with van der Waals surface area (Å²) in [7, 11) is 0. The van der Waals surface area contributed by atoms with Gasteiger partial charge in [0.25, 0.3) is 0 Å². The first-order valence-electron chi connectivity index (χ1n) is 5.11. The number of aromatic nitrogens is 3. The van der Waals surface area contributed by atoms with E-state index in [4.69, 9.17) is 23.2 Å². The SMILES string of the molecule is Fc1cccc(-c2nn3ccc(Cl)nc3c2Cl)c1. The summed E-state index contributed by atoms with van der Waals surface area (Å²) < 4.78 is 14.7. The minimum atomic E-state index is -0.341. The van der Waals surface area contributed by atoms with Crippen molar-refractivity contribution in [2.75, 3.05) is 0 Å². The molecule has 1 aromatic carbocycles.